The number of amides is 2. The van der Waals surface area contributed by atoms with Crippen molar-refractivity contribution in [2.75, 3.05) is 11.5 Å². The van der Waals surface area contributed by atoms with Crippen LogP contribution in [0.25, 0.3) is 6.08 Å². The van der Waals surface area contributed by atoms with Gasteiger partial charge in [-0.15, -0.1) is 23.1 Å². The Morgan fingerprint density at radius 3 is 2.81 bits per heavy atom. The number of rotatable bonds is 6. The van der Waals surface area contributed by atoms with E-state index in [0.717, 1.165) is 21.8 Å². The van der Waals surface area contributed by atoms with Crippen molar-refractivity contribution >= 4 is 57.8 Å². The number of nitrogen functional groups attached to an aromatic ring is 1. The van der Waals surface area contributed by atoms with E-state index in [-0.39, 0.29) is 22.2 Å². The fraction of sp³-hybridized carbons (Fsp3) is 0.158. The molecule has 2 atom stereocenters. The van der Waals surface area contributed by atoms with Crippen LogP contribution >= 0.6 is 23.1 Å². The average Bonchev–Trinajstić information content (AvgIpc) is 3.22. The first-order chi connectivity index (χ1) is 15.4. The molecule has 0 aromatic carbocycles. The monoisotopic (exact) mass is 472 g/mol. The number of nitrogens with two attached hydrogens (primary N) is 1. The number of hydrogen-bond acceptors (Lipinski definition) is 10. The lowest BCUT2D eigenvalue weighted by Crippen LogP contribution is -2.71. The highest BCUT2D eigenvalue weighted by Gasteiger charge is 2.54. The summed E-state index contributed by atoms with van der Waals surface area (Å²) in [5, 5.41) is 25.4. The standard InChI is InChI=1S/C19H16N6O5S2/c20-19-22-11(8-32-19)12(24-30)15(26)23-13-16(27)25-14(18(28)29)10(7-31-17(13)25)4-3-9-2-1-5-21-6-9/h1-6,8,13,17,30H,7H2,(H2,20,22)(H,23,26)(H,28,29)/b4-3-,24-12?/t13-,17+/m1/s1. The molecule has 164 valence electrons. The minimum atomic E-state index is -1.24. The summed E-state index contributed by atoms with van der Waals surface area (Å²) in [7, 11) is 0. The molecule has 2 aromatic heterocycles. The number of aliphatic carboxylic acids is 1. The normalized spacial score (nSPS) is 20.8. The summed E-state index contributed by atoms with van der Waals surface area (Å²) in [4.78, 5) is 46.3. The number of thioether (sulfide) groups is 1. The van der Waals surface area contributed by atoms with Crippen molar-refractivity contribution in [3.63, 3.8) is 0 Å². The highest BCUT2D eigenvalue weighted by atomic mass is 32.2. The summed E-state index contributed by atoms with van der Waals surface area (Å²) >= 11 is 2.38. The first kappa shape index (κ1) is 21.5. The van der Waals surface area contributed by atoms with E-state index in [1.54, 1.807) is 30.6 Å². The Morgan fingerprint density at radius 2 is 2.19 bits per heavy atom. The third kappa shape index (κ3) is 3.94. The SMILES string of the molecule is Nc1nc(C(=NO)C(=O)N[C@@H]2C(=O)N3C(C(=O)O)=C(/C=C\c4cccnc4)CS[C@@H]23)cs1. The first-order valence-corrected chi connectivity index (χ1v) is 11.1. The van der Waals surface area contributed by atoms with Crippen LogP contribution in [0.4, 0.5) is 5.13 Å². The smallest absolute Gasteiger partial charge is 0.352 e. The molecule has 0 radical (unpaired) electrons. The van der Waals surface area contributed by atoms with Gasteiger partial charge < -0.3 is 21.4 Å². The van der Waals surface area contributed by atoms with Gasteiger partial charge in [0.05, 0.1) is 0 Å². The molecule has 0 saturated carbocycles. The van der Waals surface area contributed by atoms with Gasteiger partial charge in [-0.3, -0.25) is 19.5 Å². The Morgan fingerprint density at radius 1 is 1.38 bits per heavy atom. The van der Waals surface area contributed by atoms with E-state index < -0.39 is 29.2 Å². The van der Waals surface area contributed by atoms with Crippen LogP contribution in [-0.2, 0) is 14.4 Å². The Labute approximate surface area is 189 Å². The largest absolute Gasteiger partial charge is 0.477 e. The van der Waals surface area contributed by atoms with Crippen LogP contribution in [-0.4, -0.2) is 65.8 Å². The summed E-state index contributed by atoms with van der Waals surface area (Å²) in [5.41, 5.74) is 6.35. The summed E-state index contributed by atoms with van der Waals surface area (Å²) < 4.78 is 0. The Bertz CT molecular complexity index is 1180. The molecule has 0 bridgehead atoms. The number of carbonyl (C=O) groups excluding carboxylic acids is 2. The molecule has 1 fully saturated rings. The number of pyridine rings is 1. The highest BCUT2D eigenvalue weighted by molar-refractivity contribution is 8.00. The third-order valence-electron chi connectivity index (χ3n) is 4.73. The van der Waals surface area contributed by atoms with Gasteiger partial charge in [-0.05, 0) is 17.2 Å². The van der Waals surface area contributed by atoms with Crippen LogP contribution in [0.5, 0.6) is 0 Å². The van der Waals surface area contributed by atoms with Crippen LogP contribution < -0.4 is 11.1 Å². The second-order valence-electron chi connectivity index (χ2n) is 6.68. The molecule has 2 aliphatic heterocycles. The number of β-lactam (4-membered cyclic amide) rings is 1. The Balaban J connectivity index is 1.52. The number of thiazole rings is 1. The van der Waals surface area contributed by atoms with Crippen molar-refractivity contribution in [1.29, 1.82) is 0 Å². The molecule has 2 aromatic rings. The van der Waals surface area contributed by atoms with Crippen LogP contribution in [0.2, 0.25) is 0 Å². The van der Waals surface area contributed by atoms with Gasteiger partial charge >= 0.3 is 5.97 Å². The van der Waals surface area contributed by atoms with E-state index >= 15 is 0 Å². The molecule has 4 rings (SSSR count). The highest BCUT2D eigenvalue weighted by Crippen LogP contribution is 2.40. The molecule has 1 saturated heterocycles. The second kappa shape index (κ2) is 8.80. The van der Waals surface area contributed by atoms with Gasteiger partial charge in [0.25, 0.3) is 11.8 Å². The van der Waals surface area contributed by atoms with Crippen molar-refractivity contribution in [2.45, 2.75) is 11.4 Å². The zero-order chi connectivity index (χ0) is 22.8. The molecule has 32 heavy (non-hydrogen) atoms. The number of aromatic nitrogens is 2. The van der Waals surface area contributed by atoms with E-state index in [1.165, 1.54) is 17.1 Å². The van der Waals surface area contributed by atoms with Gasteiger partial charge in [0, 0.05) is 23.5 Å². The van der Waals surface area contributed by atoms with E-state index in [0.29, 0.717) is 11.3 Å². The van der Waals surface area contributed by atoms with Crippen LogP contribution in [0.15, 0.2) is 52.4 Å². The summed E-state index contributed by atoms with van der Waals surface area (Å²) in [6.07, 6.45) is 6.63. The average molecular weight is 473 g/mol. The number of carboxylic acids is 1. The number of fused-ring (bicyclic) bond motifs is 1. The number of nitrogens with zero attached hydrogens (tertiary/aromatic N) is 4. The van der Waals surface area contributed by atoms with Gasteiger partial charge in [0.2, 0.25) is 0 Å². The fourth-order valence-electron chi connectivity index (χ4n) is 3.26. The van der Waals surface area contributed by atoms with Crippen molar-refractivity contribution in [1.82, 2.24) is 20.2 Å². The van der Waals surface area contributed by atoms with Gasteiger partial charge in [-0.1, -0.05) is 23.4 Å². The lowest BCUT2D eigenvalue weighted by Gasteiger charge is -2.49. The quantitative estimate of drug-likeness (QED) is 0.205. The number of carboxylic acid groups (broad SMARTS) is 1. The Kier molecular flexibility index (Phi) is 5.92. The first-order valence-electron chi connectivity index (χ1n) is 9.14. The van der Waals surface area contributed by atoms with Gasteiger partial charge in [-0.2, -0.15) is 0 Å². The molecular weight excluding hydrogens is 456 g/mol. The molecule has 5 N–H and O–H groups in total. The molecule has 0 unspecified atom stereocenters. The summed E-state index contributed by atoms with van der Waals surface area (Å²) in [6.45, 7) is 0. The predicted molar refractivity (Wildman–Crippen MR) is 118 cm³/mol. The molecule has 11 nitrogen and oxygen atoms in total. The molecule has 0 aliphatic carbocycles. The zero-order valence-corrected chi connectivity index (χ0v) is 17.8. The zero-order valence-electron chi connectivity index (χ0n) is 16.2. The molecule has 2 aliphatic rings. The molecule has 13 heteroatoms. The molecular formula is C19H16N6O5S2. The number of oxime groups is 1. The number of carbonyl (C=O) groups is 3. The number of anilines is 1. The van der Waals surface area contributed by atoms with E-state index in [1.807, 2.05) is 6.07 Å². The van der Waals surface area contributed by atoms with Gasteiger partial charge in [0.1, 0.15) is 22.8 Å². The predicted octanol–water partition coefficient (Wildman–Crippen LogP) is 0.751. The van der Waals surface area contributed by atoms with Gasteiger partial charge in [0.15, 0.2) is 10.8 Å². The molecule has 4 heterocycles. The van der Waals surface area contributed by atoms with Gasteiger partial charge in [-0.25, -0.2) is 9.78 Å². The number of hydrogen-bond donors (Lipinski definition) is 4. The molecule has 0 spiro atoms. The van der Waals surface area contributed by atoms with Crippen molar-refractivity contribution < 1.29 is 24.7 Å². The fourth-order valence-corrected chi connectivity index (χ4v) is 5.13. The van der Waals surface area contributed by atoms with E-state index in [9.17, 15) is 24.7 Å². The maximum atomic E-state index is 12.7. The van der Waals surface area contributed by atoms with Crippen molar-refractivity contribution in [3.05, 3.63) is 58.5 Å². The summed E-state index contributed by atoms with van der Waals surface area (Å²) in [6, 6.07) is 2.60. The lowest BCUT2D eigenvalue weighted by molar-refractivity contribution is -0.150. The van der Waals surface area contributed by atoms with Crippen LogP contribution in [0.1, 0.15) is 11.3 Å². The maximum absolute atomic E-state index is 12.7. The van der Waals surface area contributed by atoms with Crippen molar-refractivity contribution in [2.24, 2.45) is 5.16 Å². The van der Waals surface area contributed by atoms with E-state index in [2.05, 4.69) is 20.4 Å². The van der Waals surface area contributed by atoms with Crippen LogP contribution in [0, 0.1) is 0 Å². The number of allylic oxidation sites excluding steroid dienone is 1. The number of nitrogens with one attached hydrogen (secondary N) is 1. The minimum absolute atomic E-state index is 0.0707. The van der Waals surface area contributed by atoms with E-state index in [4.69, 9.17) is 5.73 Å². The van der Waals surface area contributed by atoms with Crippen LogP contribution in [0.3, 0.4) is 0 Å². The maximum Gasteiger partial charge on any atom is 0.352 e. The molecule has 2 amide bonds. The third-order valence-corrected chi connectivity index (χ3v) is 6.70. The minimum Gasteiger partial charge on any atom is -0.477 e. The lowest BCUT2D eigenvalue weighted by atomic mass is 10.0. The second-order valence-corrected chi connectivity index (χ2v) is 8.67. The topological polar surface area (TPSA) is 171 Å². The summed E-state index contributed by atoms with van der Waals surface area (Å²) in [5.74, 6) is -2.31. The Hall–Kier alpha value is -3.71. The van der Waals surface area contributed by atoms with Crippen molar-refractivity contribution in [3.8, 4) is 0 Å².